The molecule has 8 heteroatoms. The van der Waals surface area contributed by atoms with Crippen molar-refractivity contribution in [3.63, 3.8) is 0 Å². The summed E-state index contributed by atoms with van der Waals surface area (Å²) in [5.41, 5.74) is 1.30. The smallest absolute Gasteiger partial charge is 0.255 e. The Balaban J connectivity index is 1.72. The summed E-state index contributed by atoms with van der Waals surface area (Å²) in [7, 11) is -3.72. The van der Waals surface area contributed by atoms with Gasteiger partial charge in [0.2, 0.25) is 15.9 Å². The maximum Gasteiger partial charge on any atom is 0.255 e. The monoisotopic (exact) mass is 399 g/mol. The highest BCUT2D eigenvalue weighted by molar-refractivity contribution is 7.89. The molecular formula is C20H21N3O4S. The van der Waals surface area contributed by atoms with Gasteiger partial charge in [-0.1, -0.05) is 18.2 Å². The minimum Gasteiger partial charge on any atom is -0.326 e. The van der Waals surface area contributed by atoms with Gasteiger partial charge in [0.25, 0.3) is 5.91 Å². The first-order valence-electron chi connectivity index (χ1n) is 8.82. The van der Waals surface area contributed by atoms with E-state index in [9.17, 15) is 18.0 Å². The second-order valence-corrected chi connectivity index (χ2v) is 8.23. The zero-order valence-electron chi connectivity index (χ0n) is 15.1. The predicted octanol–water partition coefficient (Wildman–Crippen LogP) is 2.75. The molecule has 3 rings (SSSR count). The molecule has 2 amide bonds. The van der Waals surface area contributed by atoms with Gasteiger partial charge in [0.15, 0.2) is 0 Å². The number of rotatable bonds is 8. The van der Waals surface area contributed by atoms with Crippen LogP contribution in [0.2, 0.25) is 0 Å². The molecule has 0 aliphatic heterocycles. The average molecular weight is 399 g/mol. The van der Waals surface area contributed by atoms with E-state index in [1.807, 2.05) is 0 Å². The van der Waals surface area contributed by atoms with Crippen LogP contribution in [-0.2, 0) is 14.8 Å². The van der Waals surface area contributed by atoms with Gasteiger partial charge in [0.05, 0.1) is 4.90 Å². The van der Waals surface area contributed by atoms with Gasteiger partial charge in [-0.2, -0.15) is 0 Å². The summed E-state index contributed by atoms with van der Waals surface area (Å²) in [5.74, 6) is -0.391. The number of hydrogen-bond donors (Lipinski definition) is 3. The van der Waals surface area contributed by atoms with Gasteiger partial charge in [-0.25, -0.2) is 13.1 Å². The number of anilines is 2. The minimum atomic E-state index is -3.72. The first kappa shape index (κ1) is 19.8. The van der Waals surface area contributed by atoms with Crippen molar-refractivity contribution < 1.29 is 18.0 Å². The topological polar surface area (TPSA) is 104 Å². The highest BCUT2D eigenvalue weighted by Gasteiger charge is 2.29. The number of carbonyl (C=O) groups excluding carboxylic acids is 2. The van der Waals surface area contributed by atoms with Crippen molar-refractivity contribution >= 4 is 33.2 Å². The van der Waals surface area contributed by atoms with E-state index >= 15 is 0 Å². The fourth-order valence-electron chi connectivity index (χ4n) is 2.52. The molecule has 0 saturated heterocycles. The third kappa shape index (κ3) is 5.05. The molecule has 28 heavy (non-hydrogen) atoms. The maximum atomic E-state index is 12.5. The Morgan fingerprint density at radius 1 is 1.04 bits per heavy atom. The Morgan fingerprint density at radius 3 is 2.39 bits per heavy atom. The third-order valence-corrected chi connectivity index (χ3v) is 5.58. The summed E-state index contributed by atoms with van der Waals surface area (Å²) in [6.07, 6.45) is 3.25. The van der Waals surface area contributed by atoms with E-state index in [0.29, 0.717) is 11.4 Å². The average Bonchev–Trinajstić information content (AvgIpc) is 3.52. The molecule has 3 N–H and O–H groups in total. The van der Waals surface area contributed by atoms with Crippen LogP contribution in [-0.4, -0.2) is 26.8 Å². The molecular weight excluding hydrogens is 378 g/mol. The van der Waals surface area contributed by atoms with Crippen LogP contribution in [0.3, 0.4) is 0 Å². The fourth-order valence-corrected chi connectivity index (χ4v) is 3.57. The first-order chi connectivity index (χ1) is 13.4. The lowest BCUT2D eigenvalue weighted by atomic mass is 10.2. The standard InChI is InChI=1S/C20H21N3O4S/c1-2-11-21-28(26,27)18-8-3-5-15(12-18)20(25)23-17-7-4-6-16(13-17)22-19(24)14-9-10-14/h2-8,12-14,21H,1,9-11H2,(H,22,24)(H,23,25). The molecule has 0 aromatic heterocycles. The molecule has 2 aromatic carbocycles. The van der Waals surface area contributed by atoms with E-state index in [2.05, 4.69) is 21.9 Å². The molecule has 0 heterocycles. The van der Waals surface area contributed by atoms with Crippen molar-refractivity contribution in [2.24, 2.45) is 5.92 Å². The highest BCUT2D eigenvalue weighted by Crippen LogP contribution is 2.30. The first-order valence-corrected chi connectivity index (χ1v) is 10.3. The van der Waals surface area contributed by atoms with E-state index in [1.165, 1.54) is 30.3 Å². The Labute approximate surface area is 163 Å². The third-order valence-electron chi connectivity index (χ3n) is 4.16. The van der Waals surface area contributed by atoms with Crippen molar-refractivity contribution in [1.29, 1.82) is 0 Å². The number of amides is 2. The molecule has 2 aromatic rings. The second kappa shape index (κ2) is 8.37. The molecule has 0 radical (unpaired) electrons. The van der Waals surface area contributed by atoms with Crippen molar-refractivity contribution in [2.45, 2.75) is 17.7 Å². The largest absolute Gasteiger partial charge is 0.326 e. The van der Waals surface area contributed by atoms with Crippen LogP contribution in [0.4, 0.5) is 11.4 Å². The summed E-state index contributed by atoms with van der Waals surface area (Å²) < 4.78 is 26.8. The summed E-state index contributed by atoms with van der Waals surface area (Å²) in [6, 6.07) is 12.6. The highest BCUT2D eigenvalue weighted by atomic mass is 32.2. The van der Waals surface area contributed by atoms with Gasteiger partial charge in [-0.3, -0.25) is 9.59 Å². The van der Waals surface area contributed by atoms with Gasteiger partial charge in [0, 0.05) is 29.4 Å². The lowest BCUT2D eigenvalue weighted by Gasteiger charge is -2.10. The predicted molar refractivity (Wildman–Crippen MR) is 108 cm³/mol. The van der Waals surface area contributed by atoms with Crippen LogP contribution >= 0.6 is 0 Å². The van der Waals surface area contributed by atoms with E-state index in [4.69, 9.17) is 0 Å². The van der Waals surface area contributed by atoms with Crippen LogP contribution < -0.4 is 15.4 Å². The number of sulfonamides is 1. The van der Waals surface area contributed by atoms with Crippen LogP contribution in [0.5, 0.6) is 0 Å². The Bertz CT molecular complexity index is 1010. The van der Waals surface area contributed by atoms with E-state index in [0.717, 1.165) is 12.8 Å². The van der Waals surface area contributed by atoms with E-state index in [1.54, 1.807) is 24.3 Å². The number of hydrogen-bond acceptors (Lipinski definition) is 4. The zero-order valence-corrected chi connectivity index (χ0v) is 16.0. The van der Waals surface area contributed by atoms with Crippen molar-refractivity contribution in [2.75, 3.05) is 17.2 Å². The van der Waals surface area contributed by atoms with E-state index in [-0.39, 0.29) is 28.8 Å². The van der Waals surface area contributed by atoms with E-state index < -0.39 is 15.9 Å². The van der Waals surface area contributed by atoms with Gasteiger partial charge in [-0.15, -0.1) is 6.58 Å². The van der Waals surface area contributed by atoms with Gasteiger partial charge in [0.1, 0.15) is 0 Å². The normalized spacial score (nSPS) is 13.6. The number of benzene rings is 2. The van der Waals surface area contributed by atoms with Crippen LogP contribution in [0.15, 0.2) is 66.1 Å². The van der Waals surface area contributed by atoms with Gasteiger partial charge >= 0.3 is 0 Å². The number of carbonyl (C=O) groups is 2. The molecule has 1 aliphatic carbocycles. The van der Waals surface area contributed by atoms with Gasteiger partial charge in [-0.05, 0) is 49.2 Å². The number of nitrogens with one attached hydrogen (secondary N) is 3. The molecule has 1 aliphatic rings. The van der Waals surface area contributed by atoms with Crippen molar-refractivity contribution in [3.05, 3.63) is 66.7 Å². The summed E-state index contributed by atoms with van der Waals surface area (Å²) in [4.78, 5) is 24.4. The summed E-state index contributed by atoms with van der Waals surface area (Å²) >= 11 is 0. The molecule has 0 unspecified atom stereocenters. The van der Waals surface area contributed by atoms with Gasteiger partial charge < -0.3 is 10.6 Å². The molecule has 1 fully saturated rings. The molecule has 7 nitrogen and oxygen atoms in total. The summed E-state index contributed by atoms with van der Waals surface area (Å²) in [5, 5.41) is 5.54. The molecule has 146 valence electrons. The summed E-state index contributed by atoms with van der Waals surface area (Å²) in [6.45, 7) is 3.57. The van der Waals surface area contributed by atoms with Crippen LogP contribution in [0.25, 0.3) is 0 Å². The molecule has 1 saturated carbocycles. The maximum absolute atomic E-state index is 12.5. The Hall–Kier alpha value is -2.97. The van der Waals surface area contributed by atoms with Crippen LogP contribution in [0.1, 0.15) is 23.2 Å². The minimum absolute atomic E-state index is 0.00699. The lowest BCUT2D eigenvalue weighted by molar-refractivity contribution is -0.117. The zero-order chi connectivity index (χ0) is 20.1. The quantitative estimate of drug-likeness (QED) is 0.594. The Kier molecular flexibility index (Phi) is 5.91. The lowest BCUT2D eigenvalue weighted by Crippen LogP contribution is -2.24. The fraction of sp³-hybridized carbons (Fsp3) is 0.200. The SMILES string of the molecule is C=CCNS(=O)(=O)c1cccc(C(=O)Nc2cccc(NC(=O)C3CC3)c2)c1. The van der Waals surface area contributed by atoms with Crippen LogP contribution in [0, 0.1) is 5.92 Å². The van der Waals surface area contributed by atoms with Crippen molar-refractivity contribution in [1.82, 2.24) is 4.72 Å². The Morgan fingerprint density at radius 2 is 1.71 bits per heavy atom. The molecule has 0 atom stereocenters. The molecule has 0 bridgehead atoms. The molecule has 0 spiro atoms. The van der Waals surface area contributed by atoms with Crippen molar-refractivity contribution in [3.8, 4) is 0 Å². The second-order valence-electron chi connectivity index (χ2n) is 6.47.